The molecule has 0 aromatic heterocycles. The van der Waals surface area contributed by atoms with E-state index in [1.807, 2.05) is 12.1 Å². The van der Waals surface area contributed by atoms with Crippen LogP contribution < -0.4 is 0 Å². The van der Waals surface area contributed by atoms with E-state index in [2.05, 4.69) is 11.0 Å². The van der Waals surface area contributed by atoms with Crippen LogP contribution in [0.25, 0.3) is 0 Å². The second-order valence-electron chi connectivity index (χ2n) is 6.45. The molecule has 1 aliphatic rings. The first-order valence-electron chi connectivity index (χ1n) is 8.56. The minimum Gasteiger partial charge on any atom is -0.298 e. The summed E-state index contributed by atoms with van der Waals surface area (Å²) in [5.74, 6) is -1.82. The van der Waals surface area contributed by atoms with Gasteiger partial charge in [-0.3, -0.25) is 4.90 Å². The van der Waals surface area contributed by atoms with Crippen molar-refractivity contribution >= 4 is 10.0 Å². The molecule has 0 amide bonds. The molecule has 8 heteroatoms. The largest absolute Gasteiger partial charge is 0.298 e. The van der Waals surface area contributed by atoms with Crippen molar-refractivity contribution in [2.45, 2.75) is 17.9 Å². The monoisotopic (exact) mass is 391 g/mol. The Bertz CT molecular complexity index is 936. The summed E-state index contributed by atoms with van der Waals surface area (Å²) >= 11 is 0. The Morgan fingerprint density at radius 3 is 2.26 bits per heavy atom. The third-order valence-corrected chi connectivity index (χ3v) is 6.39. The standard InChI is InChI=1S/C19H19F2N3O2S/c20-17-10-18(21)12-19(11-17)27(25,26)24-7-1-6-23(8-9-24)14-16-4-2-15(13-22)3-5-16/h2-5,10-12H,1,6-9,14H2. The van der Waals surface area contributed by atoms with Gasteiger partial charge in [0, 0.05) is 32.2 Å². The first kappa shape index (κ1) is 19.4. The molecule has 0 bridgehead atoms. The van der Waals surface area contributed by atoms with Crippen LogP contribution in [0.15, 0.2) is 47.4 Å². The second kappa shape index (κ2) is 8.13. The Morgan fingerprint density at radius 1 is 0.963 bits per heavy atom. The van der Waals surface area contributed by atoms with Gasteiger partial charge in [-0.25, -0.2) is 17.2 Å². The van der Waals surface area contributed by atoms with Crippen molar-refractivity contribution < 1.29 is 17.2 Å². The maximum atomic E-state index is 13.4. The molecule has 0 radical (unpaired) electrons. The minimum absolute atomic E-state index is 0.247. The molecule has 0 N–H and O–H groups in total. The Balaban J connectivity index is 1.69. The van der Waals surface area contributed by atoms with E-state index in [1.165, 1.54) is 4.31 Å². The summed E-state index contributed by atoms with van der Waals surface area (Å²) in [6, 6.07) is 11.7. The number of hydrogen-bond acceptors (Lipinski definition) is 4. The predicted octanol–water partition coefficient (Wildman–Crippen LogP) is 2.73. The summed E-state index contributed by atoms with van der Waals surface area (Å²) in [5, 5.41) is 8.85. The highest BCUT2D eigenvalue weighted by atomic mass is 32.2. The van der Waals surface area contributed by atoms with Gasteiger partial charge in [0.05, 0.1) is 16.5 Å². The highest BCUT2D eigenvalue weighted by Crippen LogP contribution is 2.20. The zero-order valence-electron chi connectivity index (χ0n) is 14.6. The van der Waals surface area contributed by atoms with Crippen molar-refractivity contribution in [2.75, 3.05) is 26.2 Å². The van der Waals surface area contributed by atoms with Crippen LogP contribution in [0, 0.1) is 23.0 Å². The summed E-state index contributed by atoms with van der Waals surface area (Å²) in [6.45, 7) is 2.41. The first-order chi connectivity index (χ1) is 12.9. The molecule has 5 nitrogen and oxygen atoms in total. The molecule has 0 saturated carbocycles. The smallest absolute Gasteiger partial charge is 0.243 e. The zero-order valence-corrected chi connectivity index (χ0v) is 15.4. The van der Waals surface area contributed by atoms with Crippen molar-refractivity contribution in [3.05, 3.63) is 65.2 Å². The van der Waals surface area contributed by atoms with E-state index in [0.29, 0.717) is 44.2 Å². The molecule has 2 aromatic rings. The molecule has 3 rings (SSSR count). The molecule has 0 aliphatic carbocycles. The summed E-state index contributed by atoms with van der Waals surface area (Å²) in [5.41, 5.74) is 1.63. The van der Waals surface area contributed by atoms with Gasteiger partial charge in [0.2, 0.25) is 10.0 Å². The van der Waals surface area contributed by atoms with Crippen LogP contribution in [0.4, 0.5) is 8.78 Å². The third kappa shape index (κ3) is 4.69. The molecule has 27 heavy (non-hydrogen) atoms. The number of hydrogen-bond donors (Lipinski definition) is 0. The fourth-order valence-electron chi connectivity index (χ4n) is 3.12. The molecule has 2 aromatic carbocycles. The first-order valence-corrected chi connectivity index (χ1v) is 10.00. The molecule has 142 valence electrons. The lowest BCUT2D eigenvalue weighted by Gasteiger charge is -2.22. The minimum atomic E-state index is -3.95. The Morgan fingerprint density at radius 2 is 1.63 bits per heavy atom. The Labute approximate surface area is 157 Å². The van der Waals surface area contributed by atoms with E-state index in [-0.39, 0.29) is 11.4 Å². The number of rotatable bonds is 4. The molecule has 1 saturated heterocycles. The number of halogens is 2. The van der Waals surface area contributed by atoms with Gasteiger partial charge in [0.15, 0.2) is 0 Å². The predicted molar refractivity (Wildman–Crippen MR) is 96.2 cm³/mol. The van der Waals surface area contributed by atoms with Crippen molar-refractivity contribution in [2.24, 2.45) is 0 Å². The molecule has 1 aliphatic heterocycles. The van der Waals surface area contributed by atoms with E-state index in [1.54, 1.807) is 12.1 Å². The molecule has 0 unspecified atom stereocenters. The van der Waals surface area contributed by atoms with Gasteiger partial charge < -0.3 is 0 Å². The van der Waals surface area contributed by atoms with Gasteiger partial charge >= 0.3 is 0 Å². The van der Waals surface area contributed by atoms with E-state index >= 15 is 0 Å². The van der Waals surface area contributed by atoms with E-state index in [0.717, 1.165) is 17.7 Å². The zero-order chi connectivity index (χ0) is 19.4. The number of sulfonamides is 1. The van der Waals surface area contributed by atoms with Crippen LogP contribution in [0.1, 0.15) is 17.5 Å². The van der Waals surface area contributed by atoms with Crippen LogP contribution in [-0.4, -0.2) is 43.8 Å². The number of nitrogens with zero attached hydrogens (tertiary/aromatic N) is 3. The fourth-order valence-corrected chi connectivity index (χ4v) is 4.63. The molecule has 1 heterocycles. The number of nitriles is 1. The molecule has 0 spiro atoms. The maximum Gasteiger partial charge on any atom is 0.243 e. The third-order valence-electron chi connectivity index (χ3n) is 4.51. The summed E-state index contributed by atoms with van der Waals surface area (Å²) in [7, 11) is -3.95. The van der Waals surface area contributed by atoms with Gasteiger partial charge in [-0.1, -0.05) is 12.1 Å². The molecule has 1 fully saturated rings. The highest BCUT2D eigenvalue weighted by molar-refractivity contribution is 7.89. The van der Waals surface area contributed by atoms with Crippen LogP contribution >= 0.6 is 0 Å². The molecular formula is C19H19F2N3O2S. The van der Waals surface area contributed by atoms with Crippen molar-refractivity contribution in [1.29, 1.82) is 5.26 Å². The fraction of sp³-hybridized carbons (Fsp3) is 0.316. The van der Waals surface area contributed by atoms with Gasteiger partial charge in [0.1, 0.15) is 11.6 Å². The van der Waals surface area contributed by atoms with E-state index in [4.69, 9.17) is 5.26 Å². The highest BCUT2D eigenvalue weighted by Gasteiger charge is 2.27. The summed E-state index contributed by atoms with van der Waals surface area (Å²) in [6.07, 6.45) is 0.618. The topological polar surface area (TPSA) is 64.4 Å². The maximum absolute atomic E-state index is 13.4. The average molecular weight is 391 g/mol. The molecule has 0 atom stereocenters. The van der Waals surface area contributed by atoms with Gasteiger partial charge in [0.25, 0.3) is 0 Å². The normalized spacial score (nSPS) is 16.6. The lowest BCUT2D eigenvalue weighted by molar-refractivity contribution is 0.278. The van der Waals surface area contributed by atoms with E-state index < -0.39 is 21.7 Å². The summed E-state index contributed by atoms with van der Waals surface area (Å²) in [4.78, 5) is 1.77. The lowest BCUT2D eigenvalue weighted by atomic mass is 10.1. The van der Waals surface area contributed by atoms with Crippen molar-refractivity contribution in [1.82, 2.24) is 9.21 Å². The second-order valence-corrected chi connectivity index (χ2v) is 8.39. The summed E-state index contributed by atoms with van der Waals surface area (Å²) < 4.78 is 53.6. The van der Waals surface area contributed by atoms with Crippen LogP contribution in [-0.2, 0) is 16.6 Å². The van der Waals surface area contributed by atoms with Gasteiger partial charge in [-0.15, -0.1) is 0 Å². The SMILES string of the molecule is N#Cc1ccc(CN2CCCN(S(=O)(=O)c3cc(F)cc(F)c3)CC2)cc1. The van der Waals surface area contributed by atoms with Crippen LogP contribution in [0.3, 0.4) is 0 Å². The van der Waals surface area contributed by atoms with E-state index in [9.17, 15) is 17.2 Å². The quantitative estimate of drug-likeness (QED) is 0.804. The van der Waals surface area contributed by atoms with Crippen LogP contribution in [0.2, 0.25) is 0 Å². The van der Waals surface area contributed by atoms with Crippen LogP contribution in [0.5, 0.6) is 0 Å². The van der Waals surface area contributed by atoms with Gasteiger partial charge in [-0.05, 0) is 42.8 Å². The number of benzene rings is 2. The average Bonchev–Trinajstić information content (AvgIpc) is 2.87. The van der Waals surface area contributed by atoms with Crippen molar-refractivity contribution in [3.63, 3.8) is 0 Å². The Kier molecular flexibility index (Phi) is 5.85. The van der Waals surface area contributed by atoms with Gasteiger partial charge in [-0.2, -0.15) is 9.57 Å². The molecular weight excluding hydrogens is 372 g/mol. The lowest BCUT2D eigenvalue weighted by Crippen LogP contribution is -2.35. The van der Waals surface area contributed by atoms with Crippen molar-refractivity contribution in [3.8, 4) is 6.07 Å². The Hall–Kier alpha value is -2.34.